The van der Waals surface area contributed by atoms with Crippen molar-refractivity contribution < 1.29 is 14.6 Å². The third-order valence-corrected chi connectivity index (χ3v) is 2.37. The fraction of sp³-hybridized carbons (Fsp3) is 0.273. The number of rotatable bonds is 2. The number of nitriles is 1. The molecule has 1 amide bonds. The lowest BCUT2D eigenvalue weighted by molar-refractivity contribution is 0.0469. The molecule has 1 heterocycles. The molecule has 0 radical (unpaired) electrons. The number of aliphatic hydroxyl groups is 1. The van der Waals surface area contributed by atoms with Crippen molar-refractivity contribution in [2.45, 2.75) is 0 Å². The molecule has 1 aliphatic heterocycles. The largest absolute Gasteiger partial charge is 0.472 e. The van der Waals surface area contributed by atoms with E-state index < -0.39 is 0 Å². The zero-order valence-electron chi connectivity index (χ0n) is 8.51. The van der Waals surface area contributed by atoms with E-state index in [1.165, 1.54) is 11.0 Å². The van der Waals surface area contributed by atoms with E-state index in [1.54, 1.807) is 12.1 Å². The van der Waals surface area contributed by atoms with Crippen molar-refractivity contribution in [1.29, 1.82) is 5.26 Å². The first-order valence-electron chi connectivity index (χ1n) is 4.83. The highest BCUT2D eigenvalue weighted by atomic mass is 16.5. The van der Waals surface area contributed by atoms with E-state index in [1.807, 2.05) is 6.07 Å². The van der Waals surface area contributed by atoms with Crippen LogP contribution >= 0.6 is 0 Å². The molecule has 16 heavy (non-hydrogen) atoms. The van der Waals surface area contributed by atoms with Crippen LogP contribution in [0.25, 0.3) is 0 Å². The molecule has 1 aliphatic rings. The summed E-state index contributed by atoms with van der Waals surface area (Å²) < 4.78 is 5.34. The van der Waals surface area contributed by atoms with Crippen molar-refractivity contribution in [3.05, 3.63) is 29.3 Å². The summed E-state index contributed by atoms with van der Waals surface area (Å²) in [6.45, 7) is 0.260. The Hall–Kier alpha value is -2.06. The molecular formula is C11H10N2O3. The van der Waals surface area contributed by atoms with E-state index in [0.29, 0.717) is 16.9 Å². The van der Waals surface area contributed by atoms with Crippen LogP contribution < -0.4 is 4.74 Å². The second kappa shape index (κ2) is 4.21. The number of β-amino-alcohol motifs (C(OH)–C–C–N with tert-alkyl or cyclic N) is 1. The summed E-state index contributed by atoms with van der Waals surface area (Å²) in [6, 6.07) is 6.69. The minimum absolute atomic E-state index is 0.109. The molecule has 0 aromatic heterocycles. The highest BCUT2D eigenvalue weighted by Crippen LogP contribution is 2.25. The molecule has 0 saturated carbocycles. The Balaban J connectivity index is 2.35. The van der Waals surface area contributed by atoms with Gasteiger partial charge in [-0.1, -0.05) is 0 Å². The predicted octanol–water partition coefficient (Wildman–Crippen LogP) is 0.343. The van der Waals surface area contributed by atoms with Crippen molar-refractivity contribution in [1.82, 2.24) is 4.90 Å². The minimum atomic E-state index is -0.215. The summed E-state index contributed by atoms with van der Waals surface area (Å²) in [4.78, 5) is 13.3. The van der Waals surface area contributed by atoms with Crippen LogP contribution in [-0.4, -0.2) is 35.8 Å². The summed E-state index contributed by atoms with van der Waals surface area (Å²) in [7, 11) is 0. The molecule has 1 aromatic rings. The van der Waals surface area contributed by atoms with Gasteiger partial charge in [-0.25, -0.2) is 0 Å². The number of aliphatic hydroxyl groups excluding tert-OH is 1. The van der Waals surface area contributed by atoms with Crippen LogP contribution in [0, 0.1) is 11.3 Å². The first-order valence-corrected chi connectivity index (χ1v) is 4.83. The van der Waals surface area contributed by atoms with E-state index in [9.17, 15) is 4.79 Å². The monoisotopic (exact) mass is 218 g/mol. The number of benzene rings is 1. The number of carbonyl (C=O) groups excluding carboxylic acids is 1. The average Bonchev–Trinajstić information content (AvgIpc) is 2.33. The summed E-state index contributed by atoms with van der Waals surface area (Å²) in [5.74, 6) is 0.269. The van der Waals surface area contributed by atoms with Crippen LogP contribution in [0.1, 0.15) is 15.9 Å². The van der Waals surface area contributed by atoms with E-state index in [0.717, 1.165) is 0 Å². The molecule has 2 rings (SSSR count). The number of amides is 1. The van der Waals surface area contributed by atoms with Crippen molar-refractivity contribution in [2.24, 2.45) is 0 Å². The van der Waals surface area contributed by atoms with Crippen LogP contribution in [0.4, 0.5) is 0 Å². The maximum absolute atomic E-state index is 11.9. The smallest absolute Gasteiger partial charge is 0.260 e. The second-order valence-corrected chi connectivity index (χ2v) is 3.39. The Kier molecular flexibility index (Phi) is 2.75. The topological polar surface area (TPSA) is 73.6 Å². The maximum Gasteiger partial charge on any atom is 0.260 e. The van der Waals surface area contributed by atoms with E-state index in [2.05, 4.69) is 0 Å². The molecule has 0 spiro atoms. The first-order chi connectivity index (χ1) is 7.76. The van der Waals surface area contributed by atoms with Crippen molar-refractivity contribution in [2.75, 3.05) is 19.9 Å². The van der Waals surface area contributed by atoms with Crippen LogP contribution in [0.2, 0.25) is 0 Å². The van der Waals surface area contributed by atoms with Crippen LogP contribution in [0.5, 0.6) is 5.75 Å². The minimum Gasteiger partial charge on any atom is -0.472 e. The Morgan fingerprint density at radius 3 is 3.06 bits per heavy atom. The lowest BCUT2D eigenvalue weighted by Crippen LogP contribution is -2.40. The Bertz CT molecular complexity index is 465. The SMILES string of the molecule is N#Cc1ccc2c(c1)C(=O)N(CCO)CO2. The quantitative estimate of drug-likeness (QED) is 0.777. The number of hydrogen-bond donors (Lipinski definition) is 1. The van der Waals surface area contributed by atoms with Crippen molar-refractivity contribution in [3.8, 4) is 11.8 Å². The lowest BCUT2D eigenvalue weighted by atomic mass is 10.1. The van der Waals surface area contributed by atoms with Gasteiger partial charge in [0.05, 0.1) is 23.8 Å². The summed E-state index contributed by atoms with van der Waals surface area (Å²) in [5, 5.41) is 17.5. The summed E-state index contributed by atoms with van der Waals surface area (Å²) >= 11 is 0. The van der Waals surface area contributed by atoms with Gasteiger partial charge in [0.2, 0.25) is 0 Å². The van der Waals surface area contributed by atoms with Gasteiger partial charge in [-0.05, 0) is 18.2 Å². The van der Waals surface area contributed by atoms with Crippen molar-refractivity contribution >= 4 is 5.91 Å². The van der Waals surface area contributed by atoms with Gasteiger partial charge in [-0.2, -0.15) is 5.26 Å². The van der Waals surface area contributed by atoms with E-state index >= 15 is 0 Å². The molecule has 0 aliphatic carbocycles. The van der Waals surface area contributed by atoms with Gasteiger partial charge in [-0.3, -0.25) is 4.79 Å². The standard InChI is InChI=1S/C11H10N2O3/c12-6-8-1-2-10-9(5-8)11(15)13(3-4-14)7-16-10/h1-2,5,14H,3-4,7H2. The molecule has 1 N–H and O–H groups in total. The van der Waals surface area contributed by atoms with Crippen LogP contribution in [0.3, 0.4) is 0 Å². The number of nitrogens with zero attached hydrogens (tertiary/aromatic N) is 2. The molecular weight excluding hydrogens is 208 g/mol. The normalized spacial score (nSPS) is 14.0. The fourth-order valence-electron chi connectivity index (χ4n) is 1.56. The predicted molar refractivity (Wildman–Crippen MR) is 54.8 cm³/mol. The molecule has 0 saturated heterocycles. The molecule has 82 valence electrons. The molecule has 0 bridgehead atoms. The van der Waals surface area contributed by atoms with Gasteiger partial charge in [0.15, 0.2) is 6.73 Å². The molecule has 0 atom stereocenters. The zero-order valence-corrected chi connectivity index (χ0v) is 8.51. The Labute approximate surface area is 92.5 Å². The third kappa shape index (κ3) is 1.71. The first kappa shape index (κ1) is 10.5. The van der Waals surface area contributed by atoms with Gasteiger partial charge < -0.3 is 14.7 Å². The number of ether oxygens (including phenoxy) is 1. The van der Waals surface area contributed by atoms with E-state index in [4.69, 9.17) is 15.1 Å². The molecule has 0 fully saturated rings. The van der Waals surface area contributed by atoms with E-state index in [-0.39, 0.29) is 25.8 Å². The highest BCUT2D eigenvalue weighted by molar-refractivity contribution is 5.98. The second-order valence-electron chi connectivity index (χ2n) is 3.39. The molecule has 5 nitrogen and oxygen atoms in total. The molecule has 5 heteroatoms. The average molecular weight is 218 g/mol. The van der Waals surface area contributed by atoms with Crippen LogP contribution in [-0.2, 0) is 0 Å². The molecule has 0 unspecified atom stereocenters. The van der Waals surface area contributed by atoms with Gasteiger partial charge in [-0.15, -0.1) is 0 Å². The van der Waals surface area contributed by atoms with Crippen LogP contribution in [0.15, 0.2) is 18.2 Å². The summed E-state index contributed by atoms with van der Waals surface area (Å²) in [6.07, 6.45) is 0. The zero-order chi connectivity index (χ0) is 11.5. The fourth-order valence-corrected chi connectivity index (χ4v) is 1.56. The molecule has 1 aromatic carbocycles. The highest BCUT2D eigenvalue weighted by Gasteiger charge is 2.25. The van der Waals surface area contributed by atoms with Gasteiger partial charge >= 0.3 is 0 Å². The Morgan fingerprint density at radius 2 is 2.38 bits per heavy atom. The third-order valence-electron chi connectivity index (χ3n) is 2.37. The van der Waals surface area contributed by atoms with Crippen molar-refractivity contribution in [3.63, 3.8) is 0 Å². The Morgan fingerprint density at radius 1 is 1.56 bits per heavy atom. The number of hydrogen-bond acceptors (Lipinski definition) is 4. The van der Waals surface area contributed by atoms with Gasteiger partial charge in [0, 0.05) is 6.54 Å². The number of carbonyl (C=O) groups is 1. The maximum atomic E-state index is 11.9. The summed E-state index contributed by atoms with van der Waals surface area (Å²) in [5.41, 5.74) is 0.792. The number of fused-ring (bicyclic) bond motifs is 1. The van der Waals surface area contributed by atoms with Gasteiger partial charge in [0.25, 0.3) is 5.91 Å². The van der Waals surface area contributed by atoms with Gasteiger partial charge in [0.1, 0.15) is 5.75 Å². The lowest BCUT2D eigenvalue weighted by Gasteiger charge is -2.28.